The number of hydrogen-bond acceptors (Lipinski definition) is 3. The van der Waals surface area contributed by atoms with Gasteiger partial charge in [0, 0.05) is 20.6 Å². The van der Waals surface area contributed by atoms with Gasteiger partial charge in [0.05, 0.1) is 11.4 Å². The van der Waals surface area contributed by atoms with Crippen LogP contribution in [-0.4, -0.2) is 20.5 Å². The molecule has 4 nitrogen and oxygen atoms in total. The monoisotopic (exact) mass is 400 g/mol. The molecule has 0 saturated carbocycles. The molecule has 3 aromatic rings. The minimum absolute atomic E-state index is 0.0944. The predicted octanol–water partition coefficient (Wildman–Crippen LogP) is 4.90. The van der Waals surface area contributed by atoms with E-state index in [2.05, 4.69) is 42.8 Å². The first-order valence-electron chi connectivity index (χ1n) is 7.60. The summed E-state index contributed by atoms with van der Waals surface area (Å²) < 4.78 is 3.09. The fraction of sp³-hybridized carbons (Fsp3) is 0.167. The Balaban J connectivity index is 2.02. The van der Waals surface area contributed by atoms with Gasteiger partial charge in [-0.15, -0.1) is 10.2 Å². The maximum atomic E-state index is 6.04. The van der Waals surface area contributed by atoms with Crippen LogP contribution in [0.2, 0.25) is 5.02 Å². The number of aryl methyl sites for hydroxylation is 1. The molecule has 1 aromatic heterocycles. The standard InChI is InChI=1S/C18H14BrClN4/c1-10-18-23-22-11(2)24(18)16-8-5-13(19)9-15(16)17(21-10)12-3-6-14(20)7-4-12/h3-10H,1-2H3. The smallest absolute Gasteiger partial charge is 0.162 e. The molecule has 0 amide bonds. The summed E-state index contributed by atoms with van der Waals surface area (Å²) in [6, 6.07) is 13.9. The van der Waals surface area contributed by atoms with E-state index in [1.165, 1.54) is 0 Å². The highest BCUT2D eigenvalue weighted by atomic mass is 79.9. The van der Waals surface area contributed by atoms with Gasteiger partial charge in [0.15, 0.2) is 5.82 Å². The van der Waals surface area contributed by atoms with E-state index >= 15 is 0 Å². The van der Waals surface area contributed by atoms with Crippen LogP contribution in [-0.2, 0) is 0 Å². The summed E-state index contributed by atoms with van der Waals surface area (Å²) in [7, 11) is 0. The maximum absolute atomic E-state index is 6.04. The SMILES string of the molecule is Cc1nnc2n1-c1ccc(Br)cc1C(c1ccc(Cl)cc1)=NC2C. The maximum Gasteiger partial charge on any atom is 0.162 e. The molecule has 1 unspecified atom stereocenters. The molecule has 24 heavy (non-hydrogen) atoms. The summed E-state index contributed by atoms with van der Waals surface area (Å²) in [6.07, 6.45) is 0. The number of benzene rings is 2. The van der Waals surface area contributed by atoms with Crippen molar-refractivity contribution >= 4 is 33.2 Å². The van der Waals surface area contributed by atoms with Crippen LogP contribution in [0.4, 0.5) is 0 Å². The van der Waals surface area contributed by atoms with E-state index < -0.39 is 0 Å². The van der Waals surface area contributed by atoms with Crippen LogP contribution < -0.4 is 0 Å². The summed E-state index contributed by atoms with van der Waals surface area (Å²) in [5.41, 5.74) is 4.04. The quantitative estimate of drug-likeness (QED) is 0.582. The zero-order valence-corrected chi connectivity index (χ0v) is 15.5. The molecule has 2 heterocycles. The Kier molecular flexibility index (Phi) is 3.77. The van der Waals surface area contributed by atoms with Crippen LogP contribution in [0.1, 0.15) is 35.7 Å². The molecule has 4 rings (SSSR count). The highest BCUT2D eigenvalue weighted by molar-refractivity contribution is 9.10. The number of fused-ring (bicyclic) bond motifs is 3. The van der Waals surface area contributed by atoms with Crippen molar-refractivity contribution in [2.45, 2.75) is 19.9 Å². The van der Waals surface area contributed by atoms with E-state index in [0.717, 1.165) is 38.6 Å². The number of aliphatic imine (C=N–C) groups is 1. The molecule has 0 bridgehead atoms. The minimum atomic E-state index is -0.0944. The van der Waals surface area contributed by atoms with E-state index in [0.29, 0.717) is 5.02 Å². The lowest BCUT2D eigenvalue weighted by atomic mass is 10.0. The Bertz CT molecular complexity index is 960. The van der Waals surface area contributed by atoms with Crippen molar-refractivity contribution in [1.82, 2.24) is 14.8 Å². The number of rotatable bonds is 1. The average molecular weight is 402 g/mol. The Hall–Kier alpha value is -1.98. The van der Waals surface area contributed by atoms with Crippen molar-refractivity contribution in [3.8, 4) is 5.69 Å². The molecule has 0 fully saturated rings. The first kappa shape index (κ1) is 15.5. The lowest BCUT2D eigenvalue weighted by Gasteiger charge is -2.13. The van der Waals surface area contributed by atoms with Crippen molar-refractivity contribution in [3.05, 3.63) is 74.7 Å². The topological polar surface area (TPSA) is 43.1 Å². The zero-order valence-electron chi connectivity index (χ0n) is 13.2. The Labute approximate surface area is 153 Å². The molecule has 1 atom stereocenters. The molecule has 0 saturated heterocycles. The molecule has 2 aromatic carbocycles. The largest absolute Gasteiger partial charge is 0.281 e. The molecule has 0 radical (unpaired) electrons. The first-order valence-corrected chi connectivity index (χ1v) is 8.77. The van der Waals surface area contributed by atoms with Crippen LogP contribution in [0.5, 0.6) is 0 Å². The van der Waals surface area contributed by atoms with E-state index in [9.17, 15) is 0 Å². The molecule has 0 spiro atoms. The highest BCUT2D eigenvalue weighted by Gasteiger charge is 2.25. The van der Waals surface area contributed by atoms with Crippen molar-refractivity contribution in [3.63, 3.8) is 0 Å². The number of nitrogens with zero attached hydrogens (tertiary/aromatic N) is 4. The number of halogens is 2. The van der Waals surface area contributed by atoms with Crippen LogP contribution in [0, 0.1) is 6.92 Å². The van der Waals surface area contributed by atoms with Crippen molar-refractivity contribution in [2.75, 3.05) is 0 Å². The van der Waals surface area contributed by atoms with E-state index in [1.807, 2.05) is 44.2 Å². The molecule has 6 heteroatoms. The van der Waals surface area contributed by atoms with Gasteiger partial charge in [0.25, 0.3) is 0 Å². The lowest BCUT2D eigenvalue weighted by molar-refractivity contribution is 0.721. The molecule has 0 aliphatic carbocycles. The average Bonchev–Trinajstić information content (AvgIpc) is 2.89. The van der Waals surface area contributed by atoms with E-state index in [-0.39, 0.29) is 6.04 Å². The summed E-state index contributed by atoms with van der Waals surface area (Å²) in [5, 5.41) is 9.28. The Morgan fingerprint density at radius 2 is 1.83 bits per heavy atom. The van der Waals surface area contributed by atoms with Crippen molar-refractivity contribution < 1.29 is 0 Å². The molecular formula is C18H14BrClN4. The summed E-state index contributed by atoms with van der Waals surface area (Å²) in [5.74, 6) is 1.70. The fourth-order valence-corrected chi connectivity index (χ4v) is 3.49. The van der Waals surface area contributed by atoms with Crippen LogP contribution >= 0.6 is 27.5 Å². The third-order valence-electron chi connectivity index (χ3n) is 4.12. The lowest BCUT2D eigenvalue weighted by Crippen LogP contribution is -2.08. The first-order chi connectivity index (χ1) is 11.5. The Morgan fingerprint density at radius 1 is 1.08 bits per heavy atom. The predicted molar refractivity (Wildman–Crippen MR) is 99.3 cm³/mol. The third kappa shape index (κ3) is 2.48. The van der Waals surface area contributed by atoms with Crippen LogP contribution in [0.25, 0.3) is 5.69 Å². The van der Waals surface area contributed by atoms with Gasteiger partial charge < -0.3 is 0 Å². The van der Waals surface area contributed by atoms with Gasteiger partial charge >= 0.3 is 0 Å². The molecular weight excluding hydrogens is 388 g/mol. The second kappa shape index (κ2) is 5.83. The third-order valence-corrected chi connectivity index (χ3v) is 4.86. The number of aromatic nitrogens is 3. The normalized spacial score (nSPS) is 16.2. The number of hydrogen-bond donors (Lipinski definition) is 0. The molecule has 1 aliphatic rings. The van der Waals surface area contributed by atoms with Gasteiger partial charge in [-0.2, -0.15) is 0 Å². The summed E-state index contributed by atoms with van der Waals surface area (Å²) >= 11 is 9.62. The molecule has 1 aliphatic heterocycles. The van der Waals surface area contributed by atoms with Crippen LogP contribution in [0.3, 0.4) is 0 Å². The van der Waals surface area contributed by atoms with E-state index in [4.69, 9.17) is 16.6 Å². The van der Waals surface area contributed by atoms with Crippen LogP contribution in [0.15, 0.2) is 51.9 Å². The zero-order chi connectivity index (χ0) is 16.8. The van der Waals surface area contributed by atoms with Gasteiger partial charge in [-0.05, 0) is 44.2 Å². The molecule has 120 valence electrons. The Morgan fingerprint density at radius 3 is 2.58 bits per heavy atom. The van der Waals surface area contributed by atoms with Crippen molar-refractivity contribution in [2.24, 2.45) is 4.99 Å². The fourth-order valence-electron chi connectivity index (χ4n) is 3.00. The van der Waals surface area contributed by atoms with Gasteiger partial charge in [-0.1, -0.05) is 39.7 Å². The second-order valence-electron chi connectivity index (χ2n) is 5.76. The summed E-state index contributed by atoms with van der Waals surface area (Å²) in [4.78, 5) is 4.94. The van der Waals surface area contributed by atoms with Gasteiger partial charge in [0.1, 0.15) is 11.9 Å². The van der Waals surface area contributed by atoms with E-state index in [1.54, 1.807) is 0 Å². The summed E-state index contributed by atoms with van der Waals surface area (Å²) in [6.45, 7) is 4.00. The van der Waals surface area contributed by atoms with Gasteiger partial charge in [-0.25, -0.2) is 0 Å². The minimum Gasteiger partial charge on any atom is -0.281 e. The molecule has 0 N–H and O–H groups in total. The van der Waals surface area contributed by atoms with Crippen molar-refractivity contribution in [1.29, 1.82) is 0 Å². The second-order valence-corrected chi connectivity index (χ2v) is 7.11. The van der Waals surface area contributed by atoms with Gasteiger partial charge in [-0.3, -0.25) is 9.56 Å². The van der Waals surface area contributed by atoms with Gasteiger partial charge in [0.2, 0.25) is 0 Å². The highest BCUT2D eigenvalue weighted by Crippen LogP contribution is 2.32.